The molecule has 2 saturated heterocycles. The van der Waals surface area contributed by atoms with Gasteiger partial charge in [0.25, 0.3) is 11.8 Å². The number of nitrogens with zero attached hydrogens (tertiary/aromatic N) is 1. The number of carbonyl (C=O) groups excluding carboxylic acids is 4. The molecule has 2 atom stereocenters. The summed E-state index contributed by atoms with van der Waals surface area (Å²) < 4.78 is 0. The monoisotopic (exact) mass is 318 g/mol. The number of hydroxylamine groups is 1. The van der Waals surface area contributed by atoms with Gasteiger partial charge in [-0.1, -0.05) is 30.3 Å². The SMILES string of the molecule is O=C(NOCc1ccccc1)[C@@H]1C(=O)N[C@H]1N1C(=O)CNC1=O. The van der Waals surface area contributed by atoms with Crippen LogP contribution < -0.4 is 16.1 Å². The average molecular weight is 318 g/mol. The maximum atomic E-state index is 12.0. The Kier molecular flexibility index (Phi) is 3.94. The lowest BCUT2D eigenvalue weighted by Gasteiger charge is -2.39. The standard InChI is InChI=1S/C14H14N4O5/c19-9-6-15-14(22)18(9)11-10(12(20)16-11)13(21)17-23-7-8-4-2-1-3-5-8/h1-5,10-11H,6-7H2,(H,15,22)(H,16,20)(H,17,21)/t10-,11-/m0/s1. The first kappa shape index (κ1) is 15.0. The van der Waals surface area contributed by atoms with E-state index in [9.17, 15) is 19.2 Å². The third-order valence-electron chi connectivity index (χ3n) is 3.58. The van der Waals surface area contributed by atoms with Crippen LogP contribution in [0, 0.1) is 5.92 Å². The van der Waals surface area contributed by atoms with Gasteiger partial charge in [0, 0.05) is 0 Å². The molecule has 9 nitrogen and oxygen atoms in total. The van der Waals surface area contributed by atoms with Crippen molar-refractivity contribution in [1.82, 2.24) is 21.0 Å². The fourth-order valence-corrected chi connectivity index (χ4v) is 2.39. The van der Waals surface area contributed by atoms with Crippen molar-refractivity contribution in [2.45, 2.75) is 12.8 Å². The lowest BCUT2D eigenvalue weighted by Crippen LogP contribution is -2.70. The van der Waals surface area contributed by atoms with Crippen LogP contribution in [-0.2, 0) is 25.8 Å². The van der Waals surface area contributed by atoms with Crippen LogP contribution in [0.3, 0.4) is 0 Å². The van der Waals surface area contributed by atoms with Crippen LogP contribution in [0.4, 0.5) is 4.79 Å². The van der Waals surface area contributed by atoms with E-state index in [2.05, 4.69) is 16.1 Å². The van der Waals surface area contributed by atoms with E-state index in [0.29, 0.717) is 0 Å². The molecule has 0 unspecified atom stereocenters. The molecule has 3 N–H and O–H groups in total. The topological polar surface area (TPSA) is 117 Å². The molecule has 1 aromatic rings. The third kappa shape index (κ3) is 2.86. The Morgan fingerprint density at radius 1 is 1.26 bits per heavy atom. The molecule has 0 aliphatic carbocycles. The minimum atomic E-state index is -1.18. The zero-order chi connectivity index (χ0) is 16.4. The number of amides is 5. The molecule has 0 aromatic heterocycles. The van der Waals surface area contributed by atoms with E-state index in [-0.39, 0.29) is 13.2 Å². The van der Waals surface area contributed by atoms with E-state index in [0.717, 1.165) is 10.5 Å². The van der Waals surface area contributed by atoms with Gasteiger partial charge < -0.3 is 10.6 Å². The molecule has 2 aliphatic heterocycles. The smallest absolute Gasteiger partial charge is 0.326 e. The summed E-state index contributed by atoms with van der Waals surface area (Å²) in [5, 5.41) is 4.70. The summed E-state index contributed by atoms with van der Waals surface area (Å²) >= 11 is 0. The molecule has 0 saturated carbocycles. The fourth-order valence-electron chi connectivity index (χ4n) is 2.39. The zero-order valence-corrected chi connectivity index (χ0v) is 11.9. The van der Waals surface area contributed by atoms with Gasteiger partial charge in [-0.15, -0.1) is 0 Å². The second-order valence-electron chi connectivity index (χ2n) is 5.09. The molecular weight excluding hydrogens is 304 g/mol. The first-order valence-electron chi connectivity index (χ1n) is 6.94. The van der Waals surface area contributed by atoms with Crippen LogP contribution >= 0.6 is 0 Å². The number of benzene rings is 1. The van der Waals surface area contributed by atoms with Crippen molar-refractivity contribution < 1.29 is 24.0 Å². The van der Waals surface area contributed by atoms with Crippen LogP contribution in [0.5, 0.6) is 0 Å². The van der Waals surface area contributed by atoms with Crippen molar-refractivity contribution in [3.63, 3.8) is 0 Å². The largest absolute Gasteiger partial charge is 0.333 e. The Balaban J connectivity index is 1.56. The van der Waals surface area contributed by atoms with Gasteiger partial charge in [-0.2, -0.15) is 0 Å². The predicted octanol–water partition coefficient (Wildman–Crippen LogP) is -1.14. The molecule has 5 amide bonds. The first-order chi connectivity index (χ1) is 11.1. The molecule has 0 radical (unpaired) electrons. The summed E-state index contributed by atoms with van der Waals surface area (Å²) in [4.78, 5) is 52.7. The first-order valence-corrected chi connectivity index (χ1v) is 6.94. The van der Waals surface area contributed by atoms with Crippen LogP contribution in [-0.4, -0.2) is 41.4 Å². The zero-order valence-electron chi connectivity index (χ0n) is 11.9. The van der Waals surface area contributed by atoms with Gasteiger partial charge in [-0.3, -0.25) is 19.2 Å². The van der Waals surface area contributed by atoms with Crippen LogP contribution in [0.25, 0.3) is 0 Å². The van der Waals surface area contributed by atoms with E-state index in [4.69, 9.17) is 4.84 Å². The molecule has 1 aromatic carbocycles. The minimum Gasteiger partial charge on any atom is -0.333 e. The number of imide groups is 1. The molecule has 23 heavy (non-hydrogen) atoms. The average Bonchev–Trinajstić information content (AvgIpc) is 2.84. The highest BCUT2D eigenvalue weighted by Crippen LogP contribution is 2.21. The summed E-state index contributed by atoms with van der Waals surface area (Å²) in [6, 6.07) is 8.50. The van der Waals surface area contributed by atoms with E-state index in [1.807, 2.05) is 30.3 Å². The molecule has 2 fully saturated rings. The van der Waals surface area contributed by atoms with Crippen molar-refractivity contribution in [1.29, 1.82) is 0 Å². The van der Waals surface area contributed by atoms with E-state index < -0.39 is 35.8 Å². The summed E-state index contributed by atoms with van der Waals surface area (Å²) in [5.41, 5.74) is 3.02. The van der Waals surface area contributed by atoms with E-state index in [1.54, 1.807) is 0 Å². The van der Waals surface area contributed by atoms with Gasteiger partial charge in [-0.25, -0.2) is 15.2 Å². The van der Waals surface area contributed by atoms with Crippen molar-refractivity contribution in [2.24, 2.45) is 5.92 Å². The molecular formula is C14H14N4O5. The maximum Gasteiger partial charge on any atom is 0.326 e. The molecule has 0 bridgehead atoms. The highest BCUT2D eigenvalue weighted by Gasteiger charge is 2.52. The Morgan fingerprint density at radius 2 is 2.00 bits per heavy atom. The summed E-state index contributed by atoms with van der Waals surface area (Å²) in [7, 11) is 0. The number of rotatable bonds is 5. The number of hydrogen-bond acceptors (Lipinski definition) is 5. The predicted molar refractivity (Wildman–Crippen MR) is 75.0 cm³/mol. The summed E-state index contributed by atoms with van der Waals surface area (Å²) in [5.74, 6) is -2.95. The Hall–Kier alpha value is -2.94. The third-order valence-corrected chi connectivity index (χ3v) is 3.58. The van der Waals surface area contributed by atoms with Crippen molar-refractivity contribution in [3.8, 4) is 0 Å². The Labute approximate surface area is 130 Å². The molecule has 0 spiro atoms. The molecule has 2 aliphatic rings. The number of β-lactam (4-membered cyclic amide) rings is 1. The quantitative estimate of drug-likeness (QED) is 0.274. The summed E-state index contributed by atoms with van der Waals surface area (Å²) in [6.45, 7) is -0.0151. The molecule has 120 valence electrons. The number of urea groups is 1. The lowest BCUT2D eigenvalue weighted by molar-refractivity contribution is -0.157. The molecule has 2 heterocycles. The molecule has 3 rings (SSSR count). The van der Waals surface area contributed by atoms with Gasteiger partial charge in [0.05, 0.1) is 13.2 Å². The normalized spacial score (nSPS) is 23.1. The number of carbonyl (C=O) groups is 4. The maximum absolute atomic E-state index is 12.0. The summed E-state index contributed by atoms with van der Waals surface area (Å²) in [6.07, 6.45) is -0.988. The van der Waals surface area contributed by atoms with Gasteiger partial charge in [-0.05, 0) is 5.56 Å². The van der Waals surface area contributed by atoms with Gasteiger partial charge >= 0.3 is 6.03 Å². The Morgan fingerprint density at radius 3 is 2.61 bits per heavy atom. The lowest BCUT2D eigenvalue weighted by atomic mass is 9.95. The minimum absolute atomic E-state index is 0.134. The van der Waals surface area contributed by atoms with Gasteiger partial charge in [0.2, 0.25) is 5.91 Å². The van der Waals surface area contributed by atoms with E-state index in [1.165, 1.54) is 0 Å². The van der Waals surface area contributed by atoms with Gasteiger partial charge in [0.15, 0.2) is 5.92 Å². The van der Waals surface area contributed by atoms with Crippen LogP contribution in [0.15, 0.2) is 30.3 Å². The van der Waals surface area contributed by atoms with Crippen LogP contribution in [0.2, 0.25) is 0 Å². The number of nitrogens with one attached hydrogen (secondary N) is 3. The van der Waals surface area contributed by atoms with E-state index >= 15 is 0 Å². The molecule has 9 heteroatoms. The Bertz CT molecular complexity index is 646. The highest BCUT2D eigenvalue weighted by molar-refractivity contribution is 6.09. The highest BCUT2D eigenvalue weighted by atomic mass is 16.6. The van der Waals surface area contributed by atoms with Gasteiger partial charge in [0.1, 0.15) is 6.17 Å². The number of hydrogen-bond donors (Lipinski definition) is 3. The van der Waals surface area contributed by atoms with Crippen LogP contribution in [0.1, 0.15) is 5.56 Å². The fraction of sp³-hybridized carbons (Fsp3) is 0.286. The second kappa shape index (κ2) is 6.05. The van der Waals surface area contributed by atoms with Crippen molar-refractivity contribution in [3.05, 3.63) is 35.9 Å². The second-order valence-corrected chi connectivity index (χ2v) is 5.09. The van der Waals surface area contributed by atoms with Crippen molar-refractivity contribution >= 4 is 23.8 Å². The van der Waals surface area contributed by atoms with Crippen molar-refractivity contribution in [2.75, 3.05) is 6.54 Å².